The summed E-state index contributed by atoms with van der Waals surface area (Å²) in [6, 6.07) is 3.78. The summed E-state index contributed by atoms with van der Waals surface area (Å²) >= 11 is 1.50. The normalized spacial score (nSPS) is 18.4. The monoisotopic (exact) mass is 297 g/mol. The lowest BCUT2D eigenvalue weighted by Gasteiger charge is -2.35. The van der Waals surface area contributed by atoms with E-state index in [0.29, 0.717) is 39.0 Å². The quantitative estimate of drug-likeness (QED) is 0.784. The van der Waals surface area contributed by atoms with Crippen molar-refractivity contribution in [3.63, 3.8) is 0 Å². The van der Waals surface area contributed by atoms with Crippen LogP contribution in [0.1, 0.15) is 35.4 Å². The molecule has 0 unspecified atom stereocenters. The van der Waals surface area contributed by atoms with Crippen molar-refractivity contribution in [3.05, 3.63) is 22.4 Å². The van der Waals surface area contributed by atoms with Crippen molar-refractivity contribution in [1.29, 1.82) is 0 Å². The minimum Gasteiger partial charge on any atom is -0.388 e. The molecule has 1 N–H and O–H groups in total. The summed E-state index contributed by atoms with van der Waals surface area (Å²) in [4.78, 5) is 14.8. The van der Waals surface area contributed by atoms with Gasteiger partial charge in [0.15, 0.2) is 5.78 Å². The highest BCUT2D eigenvalue weighted by molar-refractivity contribution is 7.12. The van der Waals surface area contributed by atoms with Crippen LogP contribution in [0.3, 0.4) is 0 Å². The molecular formula is C15H23NO3S. The number of carbonyl (C=O) groups is 1. The third-order valence-electron chi connectivity index (χ3n) is 3.73. The molecule has 1 aromatic heterocycles. The van der Waals surface area contributed by atoms with Gasteiger partial charge in [-0.3, -0.25) is 4.79 Å². The Morgan fingerprint density at radius 3 is 2.90 bits per heavy atom. The van der Waals surface area contributed by atoms with Crippen molar-refractivity contribution in [2.45, 2.75) is 31.3 Å². The molecule has 0 bridgehead atoms. The number of hydrogen-bond donors (Lipinski definition) is 1. The minimum absolute atomic E-state index is 0.221. The van der Waals surface area contributed by atoms with Crippen LogP contribution in [0.4, 0.5) is 0 Å². The maximum atomic E-state index is 11.9. The first-order valence-electron chi connectivity index (χ1n) is 7.14. The van der Waals surface area contributed by atoms with E-state index in [1.54, 1.807) is 0 Å². The van der Waals surface area contributed by atoms with E-state index in [1.165, 1.54) is 11.3 Å². The first-order chi connectivity index (χ1) is 9.59. The molecule has 1 aliphatic rings. The first kappa shape index (κ1) is 15.6. The van der Waals surface area contributed by atoms with Crippen LogP contribution < -0.4 is 0 Å². The maximum Gasteiger partial charge on any atom is 0.172 e. The lowest BCUT2D eigenvalue weighted by molar-refractivity contribution is -0.0768. The molecule has 1 aromatic rings. The summed E-state index contributed by atoms with van der Waals surface area (Å²) in [6.45, 7) is 2.77. The zero-order valence-electron chi connectivity index (χ0n) is 12.0. The van der Waals surface area contributed by atoms with Crippen LogP contribution >= 0.6 is 11.3 Å². The minimum atomic E-state index is -0.620. The van der Waals surface area contributed by atoms with Crippen molar-refractivity contribution in [3.8, 4) is 0 Å². The molecule has 1 saturated heterocycles. The van der Waals surface area contributed by atoms with Gasteiger partial charge >= 0.3 is 0 Å². The first-order valence-corrected chi connectivity index (χ1v) is 8.02. The second kappa shape index (κ2) is 7.31. The number of ether oxygens (including phenoxy) is 1. The number of nitrogens with zero attached hydrogens (tertiary/aromatic N) is 1. The fourth-order valence-electron chi connectivity index (χ4n) is 2.56. The van der Waals surface area contributed by atoms with Crippen LogP contribution in [0, 0.1) is 0 Å². The van der Waals surface area contributed by atoms with Gasteiger partial charge in [0, 0.05) is 39.0 Å². The Kier molecular flexibility index (Phi) is 5.72. The maximum absolute atomic E-state index is 11.9. The molecule has 0 amide bonds. The van der Waals surface area contributed by atoms with Gasteiger partial charge in [-0.15, -0.1) is 11.3 Å². The lowest BCUT2D eigenvalue weighted by atomic mass is 9.94. The summed E-state index contributed by atoms with van der Waals surface area (Å²) in [6.07, 6.45) is 2.81. The van der Waals surface area contributed by atoms with Gasteiger partial charge in [-0.25, -0.2) is 0 Å². The molecule has 112 valence electrons. The molecule has 2 heterocycles. The highest BCUT2D eigenvalue weighted by atomic mass is 32.1. The molecule has 1 fully saturated rings. The highest BCUT2D eigenvalue weighted by Gasteiger charge is 2.30. The number of Topliss-reactive ketones (excluding diaryl/α,β-unsaturated/α-hetero) is 1. The number of rotatable bonds is 7. The van der Waals surface area contributed by atoms with Crippen LogP contribution in [0.25, 0.3) is 0 Å². The predicted molar refractivity (Wildman–Crippen MR) is 80.4 cm³/mol. The topological polar surface area (TPSA) is 49.8 Å². The SMILES string of the molecule is CN(CCCC(=O)c1cccs1)CC1(O)CCOCC1. The van der Waals surface area contributed by atoms with Gasteiger partial charge < -0.3 is 14.7 Å². The van der Waals surface area contributed by atoms with Crippen LogP contribution in [0.5, 0.6) is 0 Å². The van der Waals surface area contributed by atoms with Crippen molar-refractivity contribution >= 4 is 17.1 Å². The van der Waals surface area contributed by atoms with E-state index in [0.717, 1.165) is 17.8 Å². The number of carbonyl (C=O) groups excluding carboxylic acids is 1. The van der Waals surface area contributed by atoms with Crippen LogP contribution in [0.15, 0.2) is 17.5 Å². The number of hydrogen-bond acceptors (Lipinski definition) is 5. The molecule has 1 aliphatic heterocycles. The molecule has 0 atom stereocenters. The third kappa shape index (κ3) is 4.66. The zero-order valence-corrected chi connectivity index (χ0v) is 12.8. The van der Waals surface area contributed by atoms with Gasteiger partial charge in [0.1, 0.15) is 0 Å². The van der Waals surface area contributed by atoms with Crippen LogP contribution in [0.2, 0.25) is 0 Å². The van der Waals surface area contributed by atoms with Crippen molar-refractivity contribution in [2.75, 3.05) is 33.4 Å². The summed E-state index contributed by atoms with van der Waals surface area (Å²) in [5.41, 5.74) is -0.620. The standard InChI is InChI=1S/C15H23NO3S/c1-16(12-15(18)6-9-19-10-7-15)8-2-4-13(17)14-5-3-11-20-14/h3,5,11,18H,2,4,6-10,12H2,1H3. The fraction of sp³-hybridized carbons (Fsp3) is 0.667. The number of likely N-dealkylation sites (N-methyl/N-ethyl adjacent to an activating group) is 1. The second-order valence-corrected chi connectivity index (χ2v) is 6.53. The smallest absolute Gasteiger partial charge is 0.172 e. The van der Waals surface area contributed by atoms with Crippen molar-refractivity contribution in [2.24, 2.45) is 0 Å². The Labute approximate surface area is 124 Å². The van der Waals surface area contributed by atoms with E-state index in [4.69, 9.17) is 4.74 Å². The van der Waals surface area contributed by atoms with Crippen LogP contribution in [-0.2, 0) is 4.74 Å². The van der Waals surface area contributed by atoms with Gasteiger partial charge in [-0.1, -0.05) is 6.07 Å². The summed E-state index contributed by atoms with van der Waals surface area (Å²) < 4.78 is 5.28. The van der Waals surface area contributed by atoms with Gasteiger partial charge in [0.05, 0.1) is 10.5 Å². The molecule has 5 heteroatoms. The molecule has 0 aliphatic carbocycles. The summed E-state index contributed by atoms with van der Waals surface area (Å²) in [7, 11) is 2.00. The molecular weight excluding hydrogens is 274 g/mol. The third-order valence-corrected chi connectivity index (χ3v) is 4.64. The number of aliphatic hydroxyl groups is 1. The largest absolute Gasteiger partial charge is 0.388 e. The van der Waals surface area contributed by atoms with Gasteiger partial charge in [-0.2, -0.15) is 0 Å². The zero-order chi connectivity index (χ0) is 14.4. The number of thiophene rings is 1. The molecule has 4 nitrogen and oxygen atoms in total. The average Bonchev–Trinajstić information content (AvgIpc) is 2.92. The Balaban J connectivity index is 1.67. The molecule has 0 saturated carbocycles. The van der Waals surface area contributed by atoms with Crippen molar-refractivity contribution in [1.82, 2.24) is 4.90 Å². The second-order valence-electron chi connectivity index (χ2n) is 5.58. The number of ketones is 1. The van der Waals surface area contributed by atoms with Gasteiger partial charge in [0.2, 0.25) is 0 Å². The molecule has 20 heavy (non-hydrogen) atoms. The Bertz CT molecular complexity index is 413. The van der Waals surface area contributed by atoms with E-state index in [2.05, 4.69) is 4.90 Å². The average molecular weight is 297 g/mol. The van der Waals surface area contributed by atoms with Crippen molar-refractivity contribution < 1.29 is 14.6 Å². The molecule has 2 rings (SSSR count). The Hall–Kier alpha value is -0.750. The van der Waals surface area contributed by atoms with Gasteiger partial charge in [-0.05, 0) is 31.5 Å². The molecule has 0 spiro atoms. The van der Waals surface area contributed by atoms with E-state index < -0.39 is 5.60 Å². The predicted octanol–water partition coefficient (Wildman–Crippen LogP) is 2.18. The van der Waals surface area contributed by atoms with E-state index >= 15 is 0 Å². The highest BCUT2D eigenvalue weighted by Crippen LogP contribution is 2.21. The Morgan fingerprint density at radius 1 is 1.50 bits per heavy atom. The van der Waals surface area contributed by atoms with E-state index in [1.807, 2.05) is 24.6 Å². The van der Waals surface area contributed by atoms with E-state index in [-0.39, 0.29) is 5.78 Å². The molecule has 0 radical (unpaired) electrons. The van der Waals surface area contributed by atoms with Gasteiger partial charge in [0.25, 0.3) is 0 Å². The lowest BCUT2D eigenvalue weighted by Crippen LogP contribution is -2.45. The van der Waals surface area contributed by atoms with Crippen LogP contribution in [-0.4, -0.2) is 54.7 Å². The summed E-state index contributed by atoms with van der Waals surface area (Å²) in [5.74, 6) is 0.221. The Morgan fingerprint density at radius 2 is 2.25 bits per heavy atom. The summed E-state index contributed by atoms with van der Waals surface area (Å²) in [5, 5.41) is 12.3. The molecule has 0 aromatic carbocycles. The van der Waals surface area contributed by atoms with E-state index in [9.17, 15) is 9.90 Å². The fourth-order valence-corrected chi connectivity index (χ4v) is 3.26.